The van der Waals surface area contributed by atoms with Crippen LogP contribution in [0.15, 0.2) is 60.7 Å². The van der Waals surface area contributed by atoms with Crippen molar-refractivity contribution in [2.45, 2.75) is 83.2 Å². The van der Waals surface area contributed by atoms with Crippen molar-refractivity contribution in [2.24, 2.45) is 0 Å². The van der Waals surface area contributed by atoms with E-state index in [1.165, 1.54) is 7.05 Å². The Kier molecular flexibility index (Phi) is 18.8. The zero-order valence-electron chi connectivity index (χ0n) is 32.0. The molecule has 0 fully saturated rings. The van der Waals surface area contributed by atoms with E-state index in [-0.39, 0.29) is 45.4 Å². The molecule has 2 aromatic rings. The molecule has 0 aliphatic heterocycles. The lowest BCUT2D eigenvalue weighted by atomic mass is 10.0. The summed E-state index contributed by atoms with van der Waals surface area (Å²) in [4.78, 5) is 102. The Hall–Kier alpha value is -6.00. The maximum atomic E-state index is 13.3. The van der Waals surface area contributed by atoms with Gasteiger partial charge in [-0.25, -0.2) is 14.4 Å². The lowest BCUT2D eigenvalue weighted by molar-refractivity contribution is -0.150. The fraction of sp³-hybridized carbons (Fsp3) is 0.474. The summed E-state index contributed by atoms with van der Waals surface area (Å²) >= 11 is 0. The first-order valence-electron chi connectivity index (χ1n) is 17.5. The molecule has 300 valence electrons. The second-order valence-electron chi connectivity index (χ2n) is 13.4. The van der Waals surface area contributed by atoms with Crippen LogP contribution in [0.5, 0.6) is 0 Å². The number of carbonyl (C=O) groups is 8. The monoisotopic (exact) mass is 769 g/mol. The van der Waals surface area contributed by atoms with Gasteiger partial charge in [-0.1, -0.05) is 60.7 Å². The number of carbonyl (C=O) groups excluding carboxylic acids is 8. The van der Waals surface area contributed by atoms with E-state index in [1.807, 2.05) is 6.07 Å². The number of nitrogens with zero attached hydrogens (tertiary/aromatic N) is 1. The molecule has 0 bridgehead atoms. The van der Waals surface area contributed by atoms with E-state index in [4.69, 9.17) is 18.9 Å². The summed E-state index contributed by atoms with van der Waals surface area (Å²) in [5, 5.41) is 9.97. The average molecular weight is 770 g/mol. The number of nitrogens with one attached hydrogen (secondary N) is 4. The molecule has 0 saturated heterocycles. The summed E-state index contributed by atoms with van der Waals surface area (Å²) in [6.45, 7) is 4.41. The Morgan fingerprint density at radius 1 is 0.709 bits per heavy atom. The number of ether oxygens (including phenoxy) is 4. The normalized spacial score (nSPS) is 12.4. The highest BCUT2D eigenvalue weighted by atomic mass is 16.6. The van der Waals surface area contributed by atoms with Gasteiger partial charge in [-0.3, -0.25) is 24.0 Å². The molecule has 0 aliphatic rings. The standard InChI is InChI=1S/C38H51N5O12/c1-38(2,3)55-37(51)42-29(36(50)53-6)22-31(45)41-28(21-25-13-9-7-10-14-25)34(48)39-20-19-30(44)40-27(35(49)52-5)17-18-32(46)43(4)23-33(47)54-24-26-15-11-8-12-16-26/h7-16,27-29H,17-24H2,1-6H3,(H,39,48)(H,40,44)(H,41,45)(H,42,51)/t27-,28+,29-/m1/s1. The van der Waals surface area contributed by atoms with Gasteiger partial charge in [-0.2, -0.15) is 0 Å². The Balaban J connectivity index is 1.95. The Bertz CT molecular complexity index is 1610. The van der Waals surface area contributed by atoms with Crippen LogP contribution in [0.1, 0.15) is 57.6 Å². The van der Waals surface area contributed by atoms with Crippen molar-refractivity contribution < 1.29 is 57.3 Å². The number of amides is 5. The summed E-state index contributed by atoms with van der Waals surface area (Å²) in [6.07, 6.45) is -2.09. The summed E-state index contributed by atoms with van der Waals surface area (Å²) in [5.74, 6) is -4.85. The van der Waals surface area contributed by atoms with Gasteiger partial charge < -0.3 is 45.1 Å². The van der Waals surface area contributed by atoms with Gasteiger partial charge in [-0.15, -0.1) is 0 Å². The molecule has 55 heavy (non-hydrogen) atoms. The van der Waals surface area contributed by atoms with Crippen LogP contribution in [0.2, 0.25) is 0 Å². The zero-order valence-corrected chi connectivity index (χ0v) is 32.0. The van der Waals surface area contributed by atoms with Crippen molar-refractivity contribution >= 4 is 47.6 Å². The van der Waals surface area contributed by atoms with Crippen molar-refractivity contribution in [3.8, 4) is 0 Å². The lowest BCUT2D eigenvalue weighted by Crippen LogP contribution is -2.51. The van der Waals surface area contributed by atoms with Crippen LogP contribution in [0.25, 0.3) is 0 Å². The number of rotatable bonds is 20. The van der Waals surface area contributed by atoms with Gasteiger partial charge in [0.1, 0.15) is 36.9 Å². The quantitative estimate of drug-likeness (QED) is 0.111. The van der Waals surface area contributed by atoms with Gasteiger partial charge in [-0.05, 0) is 38.3 Å². The Labute approximate surface area is 320 Å². The Morgan fingerprint density at radius 3 is 1.85 bits per heavy atom. The molecule has 0 heterocycles. The second kappa shape index (κ2) is 22.9. The van der Waals surface area contributed by atoms with Crippen LogP contribution >= 0.6 is 0 Å². The molecule has 2 aromatic carbocycles. The molecular weight excluding hydrogens is 718 g/mol. The first-order chi connectivity index (χ1) is 26.0. The van der Waals surface area contributed by atoms with Gasteiger partial charge >= 0.3 is 24.0 Å². The van der Waals surface area contributed by atoms with Gasteiger partial charge in [0.05, 0.1) is 20.6 Å². The van der Waals surface area contributed by atoms with Crippen LogP contribution in [-0.2, 0) is 65.5 Å². The number of hydrogen-bond acceptors (Lipinski definition) is 12. The number of hydrogen-bond donors (Lipinski definition) is 4. The number of benzene rings is 2. The molecule has 3 atom stereocenters. The van der Waals surface area contributed by atoms with Gasteiger partial charge in [0.15, 0.2) is 0 Å². The highest BCUT2D eigenvalue weighted by Gasteiger charge is 2.30. The fourth-order valence-corrected chi connectivity index (χ4v) is 4.89. The lowest BCUT2D eigenvalue weighted by Gasteiger charge is -2.23. The number of likely N-dealkylation sites (N-methyl/N-ethyl adjacent to an activating group) is 1. The minimum Gasteiger partial charge on any atom is -0.467 e. The molecule has 0 spiro atoms. The molecule has 2 rings (SSSR count). The van der Waals surface area contributed by atoms with Crippen molar-refractivity contribution in [2.75, 3.05) is 34.4 Å². The summed E-state index contributed by atoms with van der Waals surface area (Å²) < 4.78 is 19.9. The first kappa shape index (κ1) is 45.2. The van der Waals surface area contributed by atoms with Crippen molar-refractivity contribution in [1.29, 1.82) is 0 Å². The summed E-state index contributed by atoms with van der Waals surface area (Å²) in [7, 11) is 3.62. The topological polar surface area (TPSA) is 225 Å². The number of esters is 3. The minimum atomic E-state index is -1.41. The molecule has 0 unspecified atom stereocenters. The van der Waals surface area contributed by atoms with Crippen LogP contribution < -0.4 is 21.3 Å². The Morgan fingerprint density at radius 2 is 1.27 bits per heavy atom. The van der Waals surface area contributed by atoms with E-state index in [2.05, 4.69) is 21.3 Å². The van der Waals surface area contributed by atoms with E-state index in [9.17, 15) is 38.4 Å². The highest BCUT2D eigenvalue weighted by Crippen LogP contribution is 2.10. The largest absolute Gasteiger partial charge is 0.467 e. The smallest absolute Gasteiger partial charge is 0.408 e. The van der Waals surface area contributed by atoms with E-state index in [0.717, 1.165) is 24.7 Å². The van der Waals surface area contributed by atoms with Crippen LogP contribution in [0.3, 0.4) is 0 Å². The molecule has 5 amide bonds. The van der Waals surface area contributed by atoms with E-state index in [1.54, 1.807) is 75.4 Å². The first-order valence-corrected chi connectivity index (χ1v) is 17.5. The SMILES string of the molecule is COC(=O)[C@@H](CCC(=O)N(C)CC(=O)OCc1ccccc1)NC(=O)CCNC(=O)[C@H](Cc1ccccc1)NC(=O)C[C@@H](NC(=O)OC(C)(C)C)C(=O)OC. The van der Waals surface area contributed by atoms with E-state index >= 15 is 0 Å². The number of methoxy groups -OCH3 is 2. The number of alkyl carbamates (subject to hydrolysis) is 1. The average Bonchev–Trinajstić information content (AvgIpc) is 3.14. The third kappa shape index (κ3) is 18.1. The molecule has 0 saturated carbocycles. The molecular formula is C38H51N5O12. The maximum absolute atomic E-state index is 13.3. The molecule has 4 N–H and O–H groups in total. The van der Waals surface area contributed by atoms with Gasteiger partial charge in [0, 0.05) is 32.9 Å². The summed E-state index contributed by atoms with van der Waals surface area (Å²) in [5.41, 5.74) is 0.611. The predicted molar refractivity (Wildman–Crippen MR) is 197 cm³/mol. The third-order valence-electron chi connectivity index (χ3n) is 7.65. The van der Waals surface area contributed by atoms with E-state index < -0.39 is 77.8 Å². The fourth-order valence-electron chi connectivity index (χ4n) is 4.89. The highest BCUT2D eigenvalue weighted by molar-refractivity contribution is 5.92. The molecule has 0 aliphatic carbocycles. The molecule has 0 aromatic heterocycles. The minimum absolute atomic E-state index is 0.0463. The van der Waals surface area contributed by atoms with Crippen LogP contribution in [0, 0.1) is 0 Å². The van der Waals surface area contributed by atoms with Crippen LogP contribution in [0.4, 0.5) is 4.79 Å². The molecule has 0 radical (unpaired) electrons. The van der Waals surface area contributed by atoms with Gasteiger partial charge in [0.25, 0.3) is 0 Å². The molecule has 17 heteroatoms. The molecule has 17 nitrogen and oxygen atoms in total. The predicted octanol–water partition coefficient (Wildman–Crippen LogP) is 1.32. The van der Waals surface area contributed by atoms with Crippen molar-refractivity contribution in [3.05, 3.63) is 71.8 Å². The summed E-state index contributed by atoms with van der Waals surface area (Å²) in [6, 6.07) is 14.0. The third-order valence-corrected chi connectivity index (χ3v) is 7.65. The van der Waals surface area contributed by atoms with E-state index in [0.29, 0.717) is 5.56 Å². The van der Waals surface area contributed by atoms with Crippen LogP contribution in [-0.4, -0.2) is 111 Å². The van der Waals surface area contributed by atoms with Gasteiger partial charge in [0.2, 0.25) is 23.6 Å². The maximum Gasteiger partial charge on any atom is 0.408 e. The zero-order chi connectivity index (χ0) is 41.0. The van der Waals surface area contributed by atoms with Crippen molar-refractivity contribution in [3.63, 3.8) is 0 Å². The van der Waals surface area contributed by atoms with Crippen molar-refractivity contribution in [1.82, 2.24) is 26.2 Å². The second-order valence-corrected chi connectivity index (χ2v) is 13.4.